The van der Waals surface area contributed by atoms with Crippen molar-refractivity contribution in [2.75, 3.05) is 0 Å². The molecule has 1 aromatic heterocycles. The molecule has 1 aliphatic rings. The molecular formula is C14H9IN2. The number of nitrogens with zero attached hydrogens (tertiary/aromatic N) is 2. The molecule has 17 heavy (non-hydrogen) atoms. The van der Waals surface area contributed by atoms with Gasteiger partial charge in [-0.05, 0) is 18.2 Å². The van der Waals surface area contributed by atoms with Gasteiger partial charge in [-0.2, -0.15) is 5.26 Å². The van der Waals surface area contributed by atoms with E-state index in [0.717, 1.165) is 23.3 Å². The van der Waals surface area contributed by atoms with Crippen molar-refractivity contribution in [2.45, 2.75) is 6.42 Å². The second kappa shape index (κ2) is 4.04. The van der Waals surface area contributed by atoms with Gasteiger partial charge < -0.3 is 0 Å². The van der Waals surface area contributed by atoms with Crippen LogP contribution in [-0.2, 0) is 0 Å². The van der Waals surface area contributed by atoms with E-state index in [9.17, 15) is 0 Å². The van der Waals surface area contributed by atoms with Crippen molar-refractivity contribution >= 4 is 45.9 Å². The molecule has 0 spiro atoms. The number of para-hydroxylation sites is 1. The summed E-state index contributed by atoms with van der Waals surface area (Å²) in [5.41, 5.74) is 4.32. The first-order valence-corrected chi connectivity index (χ1v) is 6.34. The van der Waals surface area contributed by atoms with Crippen LogP contribution < -0.4 is 0 Å². The summed E-state index contributed by atoms with van der Waals surface area (Å²) in [6, 6.07) is 10.5. The zero-order chi connectivity index (χ0) is 11.8. The number of allylic oxidation sites excluding steroid dienone is 2. The maximum Gasteiger partial charge on any atom is 0.0950 e. The van der Waals surface area contributed by atoms with E-state index in [4.69, 9.17) is 5.26 Å². The lowest BCUT2D eigenvalue weighted by atomic mass is 10.1. The number of fused-ring (bicyclic) bond motifs is 3. The smallest absolute Gasteiger partial charge is 0.0950 e. The van der Waals surface area contributed by atoms with Crippen LogP contribution in [0.3, 0.4) is 0 Å². The third-order valence-corrected chi connectivity index (χ3v) is 4.01. The van der Waals surface area contributed by atoms with Crippen LogP contribution in [0.5, 0.6) is 0 Å². The molecule has 0 unspecified atom stereocenters. The van der Waals surface area contributed by atoms with E-state index in [-0.39, 0.29) is 0 Å². The van der Waals surface area contributed by atoms with Crippen LogP contribution in [0.4, 0.5) is 0 Å². The monoisotopic (exact) mass is 332 g/mol. The van der Waals surface area contributed by atoms with Crippen LogP contribution in [0.2, 0.25) is 0 Å². The normalized spacial score (nSPS) is 14.0. The van der Waals surface area contributed by atoms with Crippen LogP contribution in [0.1, 0.15) is 17.7 Å². The number of aromatic nitrogens is 1. The van der Waals surface area contributed by atoms with Gasteiger partial charge in [0.25, 0.3) is 0 Å². The number of halogens is 1. The highest BCUT2D eigenvalue weighted by Crippen LogP contribution is 2.33. The van der Waals surface area contributed by atoms with Crippen molar-refractivity contribution in [1.29, 1.82) is 5.26 Å². The molecule has 0 bridgehead atoms. The molecule has 0 atom stereocenters. The second-order valence-corrected chi connectivity index (χ2v) is 4.95. The van der Waals surface area contributed by atoms with E-state index >= 15 is 0 Å². The van der Waals surface area contributed by atoms with Crippen molar-refractivity contribution in [3.05, 3.63) is 47.2 Å². The predicted molar refractivity (Wildman–Crippen MR) is 78.6 cm³/mol. The standard InChI is InChI=1S/C14H9IN2/c15-17-13-6-2-1-5-11(13)12-8-10(9-16)4-3-7-14(12)17/h1-3,5-8H,4H2. The third-order valence-electron chi connectivity index (χ3n) is 2.97. The summed E-state index contributed by atoms with van der Waals surface area (Å²) in [6.07, 6.45) is 6.88. The second-order valence-electron chi connectivity index (χ2n) is 3.98. The molecule has 0 N–H and O–H groups in total. The van der Waals surface area contributed by atoms with Crippen LogP contribution in [0.25, 0.3) is 23.1 Å². The molecule has 1 heterocycles. The molecule has 0 radical (unpaired) electrons. The fraction of sp³-hybridized carbons (Fsp3) is 0.0714. The topological polar surface area (TPSA) is 28.7 Å². The minimum absolute atomic E-state index is 0.718. The summed E-state index contributed by atoms with van der Waals surface area (Å²) in [6.45, 7) is 0. The van der Waals surface area contributed by atoms with Gasteiger partial charge in [0, 0.05) is 22.9 Å². The van der Waals surface area contributed by atoms with Gasteiger partial charge in [-0.3, -0.25) is 2.78 Å². The summed E-state index contributed by atoms with van der Waals surface area (Å²) in [5, 5.41) is 10.3. The Kier molecular flexibility index (Phi) is 2.52. The molecule has 1 aromatic carbocycles. The first-order valence-electron chi connectivity index (χ1n) is 5.38. The number of rotatable bonds is 0. The van der Waals surface area contributed by atoms with Crippen LogP contribution in [0.15, 0.2) is 35.9 Å². The first kappa shape index (κ1) is 10.6. The van der Waals surface area contributed by atoms with Gasteiger partial charge in [-0.25, -0.2) is 0 Å². The average Bonchev–Trinajstić information content (AvgIpc) is 2.56. The Balaban J connectivity index is 2.43. The highest BCUT2D eigenvalue weighted by Gasteiger charge is 2.14. The van der Waals surface area contributed by atoms with E-state index in [0.29, 0.717) is 0 Å². The summed E-state index contributed by atoms with van der Waals surface area (Å²) in [7, 11) is 0. The van der Waals surface area contributed by atoms with Crippen LogP contribution in [-0.4, -0.2) is 2.78 Å². The summed E-state index contributed by atoms with van der Waals surface area (Å²) >= 11 is 2.31. The largest absolute Gasteiger partial charge is 0.282 e. The van der Waals surface area contributed by atoms with Gasteiger partial charge in [0.2, 0.25) is 0 Å². The van der Waals surface area contributed by atoms with Gasteiger partial charge in [0.15, 0.2) is 0 Å². The van der Waals surface area contributed by atoms with Gasteiger partial charge in [-0.15, -0.1) is 0 Å². The van der Waals surface area contributed by atoms with E-state index in [1.807, 2.05) is 18.2 Å². The van der Waals surface area contributed by atoms with Crippen LogP contribution in [0, 0.1) is 11.3 Å². The number of nitriles is 1. The third kappa shape index (κ3) is 1.60. The molecule has 3 heteroatoms. The van der Waals surface area contributed by atoms with E-state index in [2.05, 4.69) is 56.0 Å². The zero-order valence-electron chi connectivity index (χ0n) is 9.02. The van der Waals surface area contributed by atoms with Crippen molar-refractivity contribution in [2.24, 2.45) is 0 Å². The van der Waals surface area contributed by atoms with Gasteiger partial charge >= 0.3 is 0 Å². The van der Waals surface area contributed by atoms with Gasteiger partial charge in [0.1, 0.15) is 0 Å². The molecule has 0 aliphatic heterocycles. The van der Waals surface area contributed by atoms with Gasteiger partial charge in [-0.1, -0.05) is 24.3 Å². The lowest BCUT2D eigenvalue weighted by molar-refractivity contribution is 1.31. The Bertz CT molecular complexity index is 699. The van der Waals surface area contributed by atoms with Gasteiger partial charge in [0.05, 0.1) is 40.1 Å². The molecule has 1 aliphatic carbocycles. The molecule has 2 aromatic rings. The van der Waals surface area contributed by atoms with Crippen molar-refractivity contribution in [3.8, 4) is 6.07 Å². The molecular weight excluding hydrogens is 323 g/mol. The summed E-state index contributed by atoms with van der Waals surface area (Å²) < 4.78 is 2.15. The highest BCUT2D eigenvalue weighted by atomic mass is 127. The highest BCUT2D eigenvalue weighted by molar-refractivity contribution is 14.1. The predicted octanol–water partition coefficient (Wildman–Crippen LogP) is 4.16. The molecule has 82 valence electrons. The molecule has 2 nitrogen and oxygen atoms in total. The Morgan fingerprint density at radius 1 is 1.29 bits per heavy atom. The number of hydrogen-bond acceptors (Lipinski definition) is 1. The lowest BCUT2D eigenvalue weighted by Gasteiger charge is -1.95. The minimum atomic E-state index is 0.718. The molecule has 3 rings (SSSR count). The SMILES string of the molecule is N#CC1=Cc2c(n(I)c3ccccc23)C=CC1. The zero-order valence-corrected chi connectivity index (χ0v) is 11.2. The first-order chi connectivity index (χ1) is 8.31. The molecule has 0 saturated heterocycles. The Morgan fingerprint density at radius 3 is 2.94 bits per heavy atom. The average molecular weight is 332 g/mol. The van der Waals surface area contributed by atoms with Crippen molar-refractivity contribution in [3.63, 3.8) is 0 Å². The van der Waals surface area contributed by atoms with Crippen molar-refractivity contribution < 1.29 is 0 Å². The molecule has 0 fully saturated rings. The number of benzene rings is 1. The van der Waals surface area contributed by atoms with Crippen LogP contribution >= 0.6 is 22.9 Å². The van der Waals surface area contributed by atoms with E-state index < -0.39 is 0 Å². The van der Waals surface area contributed by atoms with E-state index in [1.165, 1.54) is 10.9 Å². The number of hydrogen-bond donors (Lipinski definition) is 0. The summed E-state index contributed by atoms with van der Waals surface area (Å²) in [4.78, 5) is 0. The molecule has 0 amide bonds. The minimum Gasteiger partial charge on any atom is -0.282 e. The van der Waals surface area contributed by atoms with E-state index in [1.54, 1.807) is 0 Å². The Hall–Kier alpha value is -1.54. The fourth-order valence-corrected chi connectivity index (χ4v) is 3.00. The van der Waals surface area contributed by atoms with Crippen molar-refractivity contribution in [1.82, 2.24) is 2.78 Å². The quantitative estimate of drug-likeness (QED) is 0.666. The summed E-state index contributed by atoms with van der Waals surface area (Å²) in [5.74, 6) is 0. The molecule has 0 saturated carbocycles. The maximum absolute atomic E-state index is 9.06. The Labute approximate surface area is 113 Å². The maximum atomic E-state index is 9.06. The Morgan fingerprint density at radius 2 is 2.12 bits per heavy atom. The lowest BCUT2D eigenvalue weighted by Crippen LogP contribution is -1.82. The fourth-order valence-electron chi connectivity index (χ4n) is 2.16.